The Morgan fingerprint density at radius 3 is 1.38 bits per heavy atom. The Balaban J connectivity index is -0.000000333. The first-order valence-electron chi connectivity index (χ1n) is 3.48. The molecule has 0 aliphatic carbocycles. The zero-order valence-electron chi connectivity index (χ0n) is 8.06. The molecule has 0 aromatic heterocycles. The molecule has 78 valence electrons. The Morgan fingerprint density at radius 1 is 0.769 bits per heavy atom. The van der Waals surface area contributed by atoms with E-state index in [0.717, 1.165) is 4.48 Å². The molecule has 0 atom stereocenters. The van der Waals surface area contributed by atoms with Crippen molar-refractivity contribution in [1.29, 1.82) is 0 Å². The summed E-state index contributed by atoms with van der Waals surface area (Å²) in [5.41, 5.74) is 1.34. The molecular weight excluding hydrogens is 362 g/mol. The van der Waals surface area contributed by atoms with Crippen LogP contribution in [-0.2, 0) is 0 Å². The van der Waals surface area contributed by atoms with Crippen LogP contribution >= 0.6 is 50.9 Å². The average molecular weight is 379 g/mol. The lowest BCUT2D eigenvalue weighted by Gasteiger charge is -2.22. The van der Waals surface area contributed by atoms with E-state index < -0.39 is 0 Å². The molecule has 0 aliphatic heterocycles. The van der Waals surface area contributed by atoms with Crippen molar-refractivity contribution in [3.63, 3.8) is 0 Å². The molecule has 0 fully saturated rings. The molecule has 0 aliphatic rings. The summed E-state index contributed by atoms with van der Waals surface area (Å²) in [5.74, 6) is 0. The number of rotatable bonds is 1. The predicted octanol–water partition coefficient (Wildman–Crippen LogP) is 3.62. The highest BCUT2D eigenvalue weighted by molar-refractivity contribution is 8.93. The lowest BCUT2D eigenvalue weighted by atomic mass is 10.3. The smallest absolute Gasteiger partial charge is 0.132 e. The predicted molar refractivity (Wildman–Crippen MR) is 77.0 cm³/mol. The molecule has 0 spiro atoms. The minimum Gasteiger partial charge on any atom is -0.298 e. The molecule has 0 unspecified atom stereocenters. The molecule has 1 rings (SSSR count). The van der Waals surface area contributed by atoms with Crippen LogP contribution in [-0.4, -0.2) is 21.1 Å². The van der Waals surface area contributed by atoms with Crippen molar-refractivity contribution in [1.82, 2.24) is 4.48 Å². The highest BCUT2D eigenvalue weighted by atomic mass is 79.9. The van der Waals surface area contributed by atoms with Crippen molar-refractivity contribution in [2.24, 2.45) is 0 Å². The van der Waals surface area contributed by atoms with Gasteiger partial charge in [-0.1, -0.05) is 18.2 Å². The normalized spacial score (nSPS) is 8.85. The van der Waals surface area contributed by atoms with Gasteiger partial charge in [0.1, 0.15) is 5.69 Å². The third-order valence-corrected chi connectivity index (χ3v) is 1.53. The quantitative estimate of drug-likeness (QED) is 0.655. The maximum Gasteiger partial charge on any atom is 0.132 e. The summed E-state index contributed by atoms with van der Waals surface area (Å²) >= 11 is 0. The van der Waals surface area contributed by atoms with E-state index in [1.165, 1.54) is 5.69 Å². The number of hydrogen-bond donors (Lipinski definition) is 0. The first-order valence-corrected chi connectivity index (χ1v) is 3.48. The lowest BCUT2D eigenvalue weighted by molar-refractivity contribution is 0.486. The molecule has 4 heteroatoms. The van der Waals surface area contributed by atoms with E-state index in [4.69, 9.17) is 0 Å². The van der Waals surface area contributed by atoms with Crippen LogP contribution < -0.4 is 4.48 Å². The highest BCUT2D eigenvalue weighted by Gasteiger charge is 2.08. The van der Waals surface area contributed by atoms with Gasteiger partial charge in [0.15, 0.2) is 0 Å². The fourth-order valence-electron chi connectivity index (χ4n) is 0.875. The van der Waals surface area contributed by atoms with Crippen LogP contribution in [0.5, 0.6) is 0 Å². The van der Waals surface area contributed by atoms with Gasteiger partial charge in [0, 0.05) is 0 Å². The van der Waals surface area contributed by atoms with E-state index in [1.807, 2.05) is 6.07 Å². The second-order valence-electron chi connectivity index (χ2n) is 3.35. The van der Waals surface area contributed by atoms with Crippen LogP contribution in [0.25, 0.3) is 0 Å². The monoisotopic (exact) mass is 376 g/mol. The van der Waals surface area contributed by atoms with Gasteiger partial charge in [-0.15, -0.1) is 50.9 Å². The molecule has 1 nitrogen and oxygen atoms in total. The number of halogens is 3. The van der Waals surface area contributed by atoms with Gasteiger partial charge in [0.25, 0.3) is 0 Å². The van der Waals surface area contributed by atoms with Crippen molar-refractivity contribution in [2.45, 2.75) is 0 Å². The maximum atomic E-state index is 2.16. The Labute approximate surface area is 112 Å². The number of hydrogen-bond acceptors (Lipinski definition) is 0. The molecule has 0 amide bonds. The maximum absolute atomic E-state index is 2.16. The third-order valence-electron chi connectivity index (χ3n) is 1.53. The van der Waals surface area contributed by atoms with Crippen molar-refractivity contribution in [2.75, 3.05) is 21.1 Å². The zero-order chi connectivity index (χ0) is 7.61. The Hall–Kier alpha value is 0.620. The number of quaternary nitrogens is 1. The first kappa shape index (κ1) is 19.2. The largest absolute Gasteiger partial charge is 0.298 e. The van der Waals surface area contributed by atoms with Gasteiger partial charge in [0.2, 0.25) is 0 Å². The molecule has 1 aromatic rings. The molecule has 0 N–H and O–H groups in total. The van der Waals surface area contributed by atoms with E-state index in [0.29, 0.717) is 0 Å². The average Bonchev–Trinajstić information content (AvgIpc) is 1.88. The second kappa shape index (κ2) is 7.97. The molecule has 1 aromatic carbocycles. The SMILES string of the molecule is Br.Br.Br.C[N+](C)(C)c1ccccc1. The summed E-state index contributed by atoms with van der Waals surface area (Å²) in [7, 11) is 6.49. The van der Waals surface area contributed by atoms with Gasteiger partial charge in [0.05, 0.1) is 21.1 Å². The summed E-state index contributed by atoms with van der Waals surface area (Å²) in [6, 6.07) is 10.5. The summed E-state index contributed by atoms with van der Waals surface area (Å²) in [6.45, 7) is 0. The van der Waals surface area contributed by atoms with Crippen LogP contribution in [0.4, 0.5) is 5.69 Å². The molecule has 0 saturated carbocycles. The van der Waals surface area contributed by atoms with E-state index >= 15 is 0 Å². The second-order valence-corrected chi connectivity index (χ2v) is 3.35. The van der Waals surface area contributed by atoms with Crippen molar-refractivity contribution < 1.29 is 0 Å². The number of para-hydroxylation sites is 1. The number of benzene rings is 1. The van der Waals surface area contributed by atoms with Gasteiger partial charge in [-0.05, 0) is 12.1 Å². The lowest BCUT2D eigenvalue weighted by Crippen LogP contribution is -2.34. The zero-order valence-corrected chi connectivity index (χ0v) is 13.2. The fraction of sp³-hybridized carbons (Fsp3) is 0.333. The standard InChI is InChI=1S/C9H14N.3BrH/c1-10(2,3)9-7-5-4-6-8-9;;;/h4-8H,1-3H3;3*1H/q+1;;;. The van der Waals surface area contributed by atoms with E-state index in [-0.39, 0.29) is 50.9 Å². The van der Waals surface area contributed by atoms with Crippen LogP contribution in [0.3, 0.4) is 0 Å². The van der Waals surface area contributed by atoms with Crippen LogP contribution in [0.1, 0.15) is 0 Å². The topological polar surface area (TPSA) is 0 Å². The molecular formula is C9H17Br3N+. The van der Waals surface area contributed by atoms with Crippen LogP contribution in [0.15, 0.2) is 30.3 Å². The van der Waals surface area contributed by atoms with Crippen LogP contribution in [0.2, 0.25) is 0 Å². The molecule has 0 saturated heterocycles. The third kappa shape index (κ3) is 6.66. The van der Waals surface area contributed by atoms with E-state index in [2.05, 4.69) is 45.4 Å². The van der Waals surface area contributed by atoms with Gasteiger partial charge in [-0.2, -0.15) is 0 Å². The van der Waals surface area contributed by atoms with Gasteiger partial charge in [-0.3, -0.25) is 4.48 Å². The highest BCUT2D eigenvalue weighted by Crippen LogP contribution is 2.14. The Morgan fingerprint density at radius 2 is 1.15 bits per heavy atom. The van der Waals surface area contributed by atoms with Crippen molar-refractivity contribution in [3.8, 4) is 0 Å². The Kier molecular flexibility index (Phi) is 11.8. The molecule has 0 radical (unpaired) electrons. The van der Waals surface area contributed by atoms with E-state index in [9.17, 15) is 0 Å². The minimum absolute atomic E-state index is 0. The molecule has 0 bridgehead atoms. The summed E-state index contributed by atoms with van der Waals surface area (Å²) in [5, 5.41) is 0. The van der Waals surface area contributed by atoms with Crippen molar-refractivity contribution in [3.05, 3.63) is 30.3 Å². The minimum atomic E-state index is 0. The molecule has 13 heavy (non-hydrogen) atoms. The van der Waals surface area contributed by atoms with Gasteiger partial charge in [-0.25, -0.2) is 0 Å². The summed E-state index contributed by atoms with van der Waals surface area (Å²) < 4.78 is 0.890. The number of nitrogens with zero attached hydrogens (tertiary/aromatic N) is 1. The Bertz CT molecular complexity index is 206. The molecule has 0 heterocycles. The fourth-order valence-corrected chi connectivity index (χ4v) is 0.875. The van der Waals surface area contributed by atoms with Crippen molar-refractivity contribution >= 4 is 56.6 Å². The van der Waals surface area contributed by atoms with E-state index in [1.54, 1.807) is 0 Å². The van der Waals surface area contributed by atoms with Crippen LogP contribution in [0, 0.1) is 0 Å². The van der Waals surface area contributed by atoms with Gasteiger partial charge < -0.3 is 0 Å². The summed E-state index contributed by atoms with van der Waals surface area (Å²) in [4.78, 5) is 0. The first-order chi connectivity index (χ1) is 4.61. The summed E-state index contributed by atoms with van der Waals surface area (Å²) in [6.07, 6.45) is 0. The van der Waals surface area contributed by atoms with Gasteiger partial charge >= 0.3 is 0 Å².